The number of benzene rings is 1. The molecule has 0 spiro atoms. The van der Waals surface area contributed by atoms with Crippen LogP contribution in [-0.2, 0) is 19.6 Å². The Morgan fingerprint density at radius 3 is 2.12 bits per heavy atom. The molecule has 0 radical (unpaired) electrons. The van der Waals surface area contributed by atoms with Crippen molar-refractivity contribution >= 4 is 21.9 Å². The predicted octanol–water partition coefficient (Wildman–Crippen LogP) is 1.42. The molecule has 1 rings (SSSR count). The summed E-state index contributed by atoms with van der Waals surface area (Å²) in [5, 5.41) is 11.7. The third-order valence-corrected chi connectivity index (χ3v) is 4.56. The lowest BCUT2D eigenvalue weighted by Crippen LogP contribution is -2.45. The van der Waals surface area contributed by atoms with Crippen molar-refractivity contribution in [1.29, 1.82) is 0 Å². The molecule has 0 heterocycles. The van der Waals surface area contributed by atoms with Crippen molar-refractivity contribution in [3.05, 3.63) is 29.8 Å². The van der Waals surface area contributed by atoms with Crippen LogP contribution in [0.4, 0.5) is 0 Å². The molecule has 0 aliphatic heterocycles. The summed E-state index contributed by atoms with van der Waals surface area (Å²) in [5.41, 5.74) is 0.418. The molecule has 134 valence electrons. The van der Waals surface area contributed by atoms with Crippen LogP contribution in [-0.4, -0.2) is 37.0 Å². The van der Waals surface area contributed by atoms with E-state index in [4.69, 9.17) is 5.11 Å². The zero-order valence-electron chi connectivity index (χ0n) is 14.3. The van der Waals surface area contributed by atoms with Crippen molar-refractivity contribution in [2.24, 2.45) is 0 Å². The van der Waals surface area contributed by atoms with E-state index in [0.717, 1.165) is 5.56 Å². The summed E-state index contributed by atoms with van der Waals surface area (Å²) >= 11 is 0. The molecule has 0 aliphatic rings. The van der Waals surface area contributed by atoms with E-state index in [1.54, 1.807) is 32.9 Å². The monoisotopic (exact) mass is 356 g/mol. The Hall–Kier alpha value is -1.93. The van der Waals surface area contributed by atoms with Crippen LogP contribution in [0.5, 0.6) is 0 Å². The number of amides is 1. The number of nitrogens with one attached hydrogen (secondary N) is 2. The molecule has 7 nitrogen and oxygen atoms in total. The van der Waals surface area contributed by atoms with Crippen LogP contribution in [0, 0.1) is 6.92 Å². The van der Waals surface area contributed by atoms with Crippen LogP contribution in [0.15, 0.2) is 29.2 Å². The molecule has 1 atom stereocenters. The fourth-order valence-corrected chi connectivity index (χ4v) is 3.30. The Labute approximate surface area is 142 Å². The first kappa shape index (κ1) is 20.1. The highest BCUT2D eigenvalue weighted by atomic mass is 32.2. The second kappa shape index (κ2) is 7.76. The van der Waals surface area contributed by atoms with E-state index >= 15 is 0 Å². The van der Waals surface area contributed by atoms with Gasteiger partial charge in [-0.2, -0.15) is 0 Å². The molecule has 0 saturated heterocycles. The van der Waals surface area contributed by atoms with Crippen LogP contribution in [0.25, 0.3) is 0 Å². The molecular weight excluding hydrogens is 332 g/mol. The topological polar surface area (TPSA) is 113 Å². The third-order valence-electron chi connectivity index (χ3n) is 3.02. The molecule has 1 aromatic rings. The molecule has 3 N–H and O–H groups in total. The molecule has 1 aromatic carbocycles. The van der Waals surface area contributed by atoms with Gasteiger partial charge in [0.25, 0.3) is 0 Å². The van der Waals surface area contributed by atoms with Crippen molar-refractivity contribution in [1.82, 2.24) is 10.0 Å². The summed E-state index contributed by atoms with van der Waals surface area (Å²) in [6.45, 7) is 7.18. The fourth-order valence-electron chi connectivity index (χ4n) is 2.06. The molecule has 0 saturated carbocycles. The standard InChI is InChI=1S/C16H24N2O5S/c1-11-5-7-13(8-6-11)24(22,23)18-12(10-15(20)21)9-14(19)17-16(2,3)4/h5-8,12,18H,9-10H2,1-4H3,(H,17,19)(H,20,21)/t12-/m1/s1. The Bertz CT molecular complexity index is 690. The number of carboxylic acid groups (broad SMARTS) is 1. The van der Waals surface area contributed by atoms with Gasteiger partial charge in [-0.15, -0.1) is 0 Å². The first-order chi connectivity index (χ1) is 10.9. The molecular formula is C16H24N2O5S. The number of hydrogen-bond donors (Lipinski definition) is 3. The Morgan fingerprint density at radius 1 is 1.12 bits per heavy atom. The lowest BCUT2D eigenvalue weighted by Gasteiger charge is -2.23. The van der Waals surface area contributed by atoms with Gasteiger partial charge in [0.2, 0.25) is 15.9 Å². The number of aryl methyl sites for hydroxylation is 1. The minimum Gasteiger partial charge on any atom is -0.481 e. The lowest BCUT2D eigenvalue weighted by molar-refractivity contribution is -0.137. The summed E-state index contributed by atoms with van der Waals surface area (Å²) in [7, 11) is -3.90. The van der Waals surface area contributed by atoms with Gasteiger partial charge in [-0.3, -0.25) is 9.59 Å². The lowest BCUT2D eigenvalue weighted by atomic mass is 10.1. The quantitative estimate of drug-likeness (QED) is 0.684. The van der Waals surface area contributed by atoms with Crippen molar-refractivity contribution in [3.8, 4) is 0 Å². The average molecular weight is 356 g/mol. The van der Waals surface area contributed by atoms with Gasteiger partial charge in [-0.25, -0.2) is 13.1 Å². The van der Waals surface area contributed by atoms with Gasteiger partial charge in [0.15, 0.2) is 0 Å². The average Bonchev–Trinajstić information content (AvgIpc) is 2.35. The predicted molar refractivity (Wildman–Crippen MR) is 90.1 cm³/mol. The second-order valence-corrected chi connectivity index (χ2v) is 8.45. The van der Waals surface area contributed by atoms with E-state index in [1.807, 2.05) is 6.92 Å². The van der Waals surface area contributed by atoms with E-state index in [1.165, 1.54) is 12.1 Å². The number of carbonyl (C=O) groups excluding carboxylic acids is 1. The zero-order chi connectivity index (χ0) is 18.5. The van der Waals surface area contributed by atoms with E-state index in [-0.39, 0.29) is 11.3 Å². The summed E-state index contributed by atoms with van der Waals surface area (Å²) in [6, 6.07) is 5.13. The minimum atomic E-state index is -3.90. The molecule has 0 bridgehead atoms. The maximum atomic E-state index is 12.4. The van der Waals surface area contributed by atoms with Gasteiger partial charge in [0, 0.05) is 18.0 Å². The van der Waals surface area contributed by atoms with Crippen LogP contribution < -0.4 is 10.0 Å². The van der Waals surface area contributed by atoms with Crippen LogP contribution in [0.3, 0.4) is 0 Å². The van der Waals surface area contributed by atoms with Gasteiger partial charge in [0.05, 0.1) is 11.3 Å². The van der Waals surface area contributed by atoms with E-state index in [9.17, 15) is 18.0 Å². The largest absolute Gasteiger partial charge is 0.481 e. The normalized spacial score (nSPS) is 13.3. The van der Waals surface area contributed by atoms with Gasteiger partial charge < -0.3 is 10.4 Å². The number of hydrogen-bond acceptors (Lipinski definition) is 4. The molecule has 8 heteroatoms. The summed E-state index contributed by atoms with van der Waals surface area (Å²) in [5.74, 6) is -1.60. The molecule has 0 fully saturated rings. The summed E-state index contributed by atoms with van der Waals surface area (Å²) in [6.07, 6.45) is -0.739. The Balaban J connectivity index is 2.90. The highest BCUT2D eigenvalue weighted by Gasteiger charge is 2.25. The van der Waals surface area contributed by atoms with Crippen LogP contribution in [0.1, 0.15) is 39.2 Å². The van der Waals surface area contributed by atoms with Crippen molar-refractivity contribution in [2.45, 2.75) is 57.0 Å². The van der Waals surface area contributed by atoms with Gasteiger partial charge >= 0.3 is 5.97 Å². The van der Waals surface area contributed by atoms with Crippen molar-refractivity contribution in [2.75, 3.05) is 0 Å². The number of aliphatic carboxylic acids is 1. The third kappa shape index (κ3) is 7.10. The Morgan fingerprint density at radius 2 is 1.67 bits per heavy atom. The highest BCUT2D eigenvalue weighted by molar-refractivity contribution is 7.89. The smallest absolute Gasteiger partial charge is 0.304 e. The maximum absolute atomic E-state index is 12.4. The Kier molecular flexibility index (Phi) is 6.50. The van der Waals surface area contributed by atoms with E-state index in [2.05, 4.69) is 10.0 Å². The molecule has 24 heavy (non-hydrogen) atoms. The fraction of sp³-hybridized carbons (Fsp3) is 0.500. The second-order valence-electron chi connectivity index (χ2n) is 6.73. The summed E-state index contributed by atoms with van der Waals surface area (Å²) in [4.78, 5) is 23.0. The minimum absolute atomic E-state index is 0.0275. The maximum Gasteiger partial charge on any atom is 0.304 e. The SMILES string of the molecule is Cc1ccc(S(=O)(=O)N[C@@H](CC(=O)O)CC(=O)NC(C)(C)C)cc1. The summed E-state index contributed by atoms with van der Waals surface area (Å²) < 4.78 is 27.0. The molecule has 0 aliphatic carbocycles. The number of sulfonamides is 1. The highest BCUT2D eigenvalue weighted by Crippen LogP contribution is 2.13. The number of rotatable bonds is 7. The first-order valence-corrected chi connectivity index (χ1v) is 8.99. The number of carbonyl (C=O) groups is 2. The van der Waals surface area contributed by atoms with Gasteiger partial charge in [-0.1, -0.05) is 17.7 Å². The first-order valence-electron chi connectivity index (χ1n) is 7.51. The molecule has 0 unspecified atom stereocenters. The van der Waals surface area contributed by atoms with Crippen molar-refractivity contribution < 1.29 is 23.1 Å². The van der Waals surface area contributed by atoms with Crippen molar-refractivity contribution in [3.63, 3.8) is 0 Å². The van der Waals surface area contributed by atoms with Gasteiger partial charge in [0.1, 0.15) is 0 Å². The zero-order valence-corrected chi connectivity index (χ0v) is 15.1. The van der Waals surface area contributed by atoms with Gasteiger partial charge in [-0.05, 0) is 39.8 Å². The molecule has 0 aromatic heterocycles. The van der Waals surface area contributed by atoms with E-state index < -0.39 is 39.9 Å². The molecule has 1 amide bonds. The van der Waals surface area contributed by atoms with Crippen LogP contribution >= 0.6 is 0 Å². The number of carboxylic acids is 1. The van der Waals surface area contributed by atoms with Crippen LogP contribution in [0.2, 0.25) is 0 Å². The van der Waals surface area contributed by atoms with E-state index in [0.29, 0.717) is 0 Å².